The fourth-order valence-electron chi connectivity index (χ4n) is 6.30. The molecule has 1 aliphatic heterocycles. The van der Waals surface area contributed by atoms with Gasteiger partial charge in [-0.3, -0.25) is 4.90 Å². The summed E-state index contributed by atoms with van der Waals surface area (Å²) in [5, 5.41) is 4.60. The average molecular weight is 497 g/mol. The normalized spacial score (nSPS) is 24.8. The molecular weight excluding hydrogens is 460 g/mol. The molecule has 0 bridgehead atoms. The Morgan fingerprint density at radius 3 is 2.19 bits per heavy atom. The second-order valence-corrected chi connectivity index (χ2v) is 10.7. The highest BCUT2D eigenvalue weighted by atomic mass is 16.5. The maximum absolute atomic E-state index is 6.41. The molecule has 1 saturated heterocycles. The molecule has 1 aliphatic carbocycles. The highest BCUT2D eigenvalue weighted by Gasteiger charge is 2.31. The van der Waals surface area contributed by atoms with Crippen LogP contribution in [0, 0.1) is 0 Å². The number of nitrogens with two attached hydrogens (primary N) is 1. The lowest BCUT2D eigenvalue weighted by Gasteiger charge is -2.43. The lowest BCUT2D eigenvalue weighted by molar-refractivity contribution is 0.0890. The molecular formula is C30H36N6O. The quantitative estimate of drug-likeness (QED) is 0.372. The van der Waals surface area contributed by atoms with Gasteiger partial charge in [0.25, 0.3) is 0 Å². The fraction of sp³-hybridized carbons (Fsp3) is 0.400. The maximum atomic E-state index is 6.41. The Morgan fingerprint density at radius 2 is 1.49 bits per heavy atom. The van der Waals surface area contributed by atoms with E-state index in [9.17, 15) is 0 Å². The van der Waals surface area contributed by atoms with Gasteiger partial charge in [-0.25, -0.2) is 9.97 Å². The van der Waals surface area contributed by atoms with E-state index in [-0.39, 0.29) is 0 Å². The Labute approximate surface area is 218 Å². The zero-order valence-corrected chi connectivity index (χ0v) is 21.7. The molecule has 3 heterocycles. The number of aromatic nitrogens is 3. The van der Waals surface area contributed by atoms with Crippen molar-refractivity contribution in [1.82, 2.24) is 24.8 Å². The molecule has 7 heteroatoms. The van der Waals surface area contributed by atoms with Gasteiger partial charge in [0.2, 0.25) is 0 Å². The van der Waals surface area contributed by atoms with Crippen molar-refractivity contribution >= 4 is 16.9 Å². The van der Waals surface area contributed by atoms with E-state index in [1.165, 1.54) is 12.8 Å². The van der Waals surface area contributed by atoms with Crippen LogP contribution in [0.4, 0.5) is 5.82 Å². The average Bonchev–Trinajstić information content (AvgIpc) is 3.30. The first kappa shape index (κ1) is 23.9. The molecule has 192 valence electrons. The number of rotatable bonds is 5. The first-order valence-electron chi connectivity index (χ1n) is 13.5. The van der Waals surface area contributed by atoms with E-state index in [2.05, 4.69) is 51.9 Å². The summed E-state index contributed by atoms with van der Waals surface area (Å²) < 4.78 is 8.35. The van der Waals surface area contributed by atoms with Crippen LogP contribution < -0.4 is 15.8 Å². The van der Waals surface area contributed by atoms with Gasteiger partial charge >= 0.3 is 0 Å². The zero-order chi connectivity index (χ0) is 25.4. The highest BCUT2D eigenvalue weighted by Crippen LogP contribution is 2.39. The molecule has 0 radical (unpaired) electrons. The Bertz CT molecular complexity index is 1330. The van der Waals surface area contributed by atoms with E-state index >= 15 is 0 Å². The first-order valence-corrected chi connectivity index (χ1v) is 13.5. The van der Waals surface area contributed by atoms with E-state index in [0.717, 1.165) is 59.6 Å². The molecule has 7 nitrogen and oxygen atoms in total. The van der Waals surface area contributed by atoms with Gasteiger partial charge in [0.15, 0.2) is 0 Å². The van der Waals surface area contributed by atoms with Gasteiger partial charge in [-0.1, -0.05) is 30.3 Å². The SMILES string of the molecule is C[C@@H]1CN([C@H]2CC[C@H](n3cc(-c4ccc(Oc5ccccc5)cc4)c4c(N)ncnc43)CC2)C[C@H](C)N1. The molecule has 2 fully saturated rings. The highest BCUT2D eigenvalue weighted by molar-refractivity contribution is 6.00. The third-order valence-corrected chi connectivity index (χ3v) is 7.94. The van der Waals surface area contributed by atoms with Crippen molar-refractivity contribution in [3.63, 3.8) is 0 Å². The number of ether oxygens (including phenoxy) is 1. The van der Waals surface area contributed by atoms with Crippen LogP contribution in [0.5, 0.6) is 11.5 Å². The molecule has 0 amide bonds. The number of anilines is 1. The van der Waals surface area contributed by atoms with Gasteiger partial charge in [-0.2, -0.15) is 0 Å². The van der Waals surface area contributed by atoms with Crippen LogP contribution in [0.2, 0.25) is 0 Å². The van der Waals surface area contributed by atoms with Crippen LogP contribution in [0.1, 0.15) is 45.6 Å². The molecule has 2 aromatic carbocycles. The number of nitrogens with one attached hydrogen (secondary N) is 1. The number of benzene rings is 2. The molecule has 6 rings (SSSR count). The van der Waals surface area contributed by atoms with E-state index in [1.54, 1.807) is 6.33 Å². The standard InChI is InChI=1S/C30H36N6O/c1-20-16-35(17-21(2)34-20)23-10-12-24(13-11-23)36-18-27(28-29(31)32-19-33-30(28)36)22-8-14-26(15-9-22)37-25-6-4-3-5-7-25/h3-9,14-15,18-21,23-24,34H,10-13,16-17H2,1-2H3,(H2,31,32,33)/t20-,21+,23-,24-. The number of fused-ring (bicyclic) bond motifs is 1. The molecule has 0 unspecified atom stereocenters. The number of hydrogen-bond donors (Lipinski definition) is 2. The Hall–Kier alpha value is -3.42. The summed E-state index contributed by atoms with van der Waals surface area (Å²) in [5.41, 5.74) is 9.51. The number of para-hydroxylation sites is 1. The van der Waals surface area contributed by atoms with Crippen LogP contribution in [-0.2, 0) is 0 Å². The summed E-state index contributed by atoms with van der Waals surface area (Å²) in [4.78, 5) is 11.7. The third-order valence-electron chi connectivity index (χ3n) is 7.94. The van der Waals surface area contributed by atoms with Gasteiger partial charge in [-0.15, -0.1) is 0 Å². The van der Waals surface area contributed by atoms with Crippen LogP contribution in [0.15, 0.2) is 67.1 Å². The van der Waals surface area contributed by atoms with Crippen molar-refractivity contribution in [3.8, 4) is 22.6 Å². The summed E-state index contributed by atoms with van der Waals surface area (Å²) >= 11 is 0. The summed E-state index contributed by atoms with van der Waals surface area (Å²) in [6, 6.07) is 20.2. The molecule has 37 heavy (non-hydrogen) atoms. The van der Waals surface area contributed by atoms with E-state index in [0.29, 0.717) is 30.0 Å². The van der Waals surface area contributed by atoms with Gasteiger partial charge < -0.3 is 20.4 Å². The third kappa shape index (κ3) is 4.93. The molecule has 2 atom stereocenters. The number of piperazine rings is 1. The van der Waals surface area contributed by atoms with E-state index in [1.807, 2.05) is 42.5 Å². The lowest BCUT2D eigenvalue weighted by atomic mass is 9.89. The second-order valence-electron chi connectivity index (χ2n) is 10.7. The predicted octanol–water partition coefficient (Wildman–Crippen LogP) is 5.64. The van der Waals surface area contributed by atoms with Gasteiger partial charge in [0.1, 0.15) is 29.3 Å². The van der Waals surface area contributed by atoms with E-state index in [4.69, 9.17) is 15.5 Å². The molecule has 4 aromatic rings. The van der Waals surface area contributed by atoms with Crippen molar-refractivity contribution in [2.45, 2.75) is 63.7 Å². The summed E-state index contributed by atoms with van der Waals surface area (Å²) in [6.07, 6.45) is 8.55. The molecule has 1 saturated carbocycles. The summed E-state index contributed by atoms with van der Waals surface area (Å²) in [7, 11) is 0. The second kappa shape index (κ2) is 10.1. The topological polar surface area (TPSA) is 81.2 Å². The first-order chi connectivity index (χ1) is 18.0. The van der Waals surface area contributed by atoms with Gasteiger partial charge in [0.05, 0.1) is 5.39 Å². The Kier molecular flexibility index (Phi) is 6.57. The molecule has 2 aliphatic rings. The summed E-state index contributed by atoms with van der Waals surface area (Å²) in [5.74, 6) is 2.16. The van der Waals surface area contributed by atoms with Crippen LogP contribution in [0.25, 0.3) is 22.2 Å². The van der Waals surface area contributed by atoms with Crippen LogP contribution in [0.3, 0.4) is 0 Å². The zero-order valence-electron chi connectivity index (χ0n) is 21.7. The Balaban J connectivity index is 1.24. The largest absolute Gasteiger partial charge is 0.457 e. The van der Waals surface area contributed by atoms with Crippen molar-refractivity contribution < 1.29 is 4.74 Å². The molecule has 3 N–H and O–H groups in total. The van der Waals surface area contributed by atoms with Crippen LogP contribution >= 0.6 is 0 Å². The predicted molar refractivity (Wildman–Crippen MR) is 149 cm³/mol. The van der Waals surface area contributed by atoms with Gasteiger partial charge in [-0.05, 0) is 69.4 Å². The minimum Gasteiger partial charge on any atom is -0.457 e. The monoisotopic (exact) mass is 496 g/mol. The summed E-state index contributed by atoms with van der Waals surface area (Å²) in [6.45, 7) is 6.88. The minimum absolute atomic E-state index is 0.417. The number of nitrogen functional groups attached to an aromatic ring is 1. The van der Waals surface area contributed by atoms with Crippen molar-refractivity contribution in [2.24, 2.45) is 0 Å². The van der Waals surface area contributed by atoms with Crippen molar-refractivity contribution in [3.05, 3.63) is 67.1 Å². The lowest BCUT2D eigenvalue weighted by Crippen LogP contribution is -2.57. The van der Waals surface area contributed by atoms with Gasteiger partial charge in [0, 0.05) is 49.0 Å². The minimum atomic E-state index is 0.417. The number of nitrogens with zero attached hydrogens (tertiary/aromatic N) is 4. The Morgan fingerprint density at radius 1 is 0.838 bits per heavy atom. The van der Waals surface area contributed by atoms with Crippen LogP contribution in [-0.4, -0.2) is 50.7 Å². The fourth-order valence-corrected chi connectivity index (χ4v) is 6.30. The molecule has 0 spiro atoms. The van der Waals surface area contributed by atoms with E-state index < -0.39 is 0 Å². The molecule has 2 aromatic heterocycles. The smallest absolute Gasteiger partial charge is 0.146 e. The van der Waals surface area contributed by atoms with Crippen molar-refractivity contribution in [1.29, 1.82) is 0 Å². The maximum Gasteiger partial charge on any atom is 0.146 e. The van der Waals surface area contributed by atoms with Crippen molar-refractivity contribution in [2.75, 3.05) is 18.8 Å². The number of hydrogen-bond acceptors (Lipinski definition) is 6.